The van der Waals surface area contributed by atoms with Gasteiger partial charge in [0, 0.05) is 44.5 Å². The number of piperazine rings is 1. The van der Waals surface area contributed by atoms with E-state index >= 15 is 0 Å². The van der Waals surface area contributed by atoms with Crippen molar-refractivity contribution in [2.24, 2.45) is 0 Å². The molecule has 1 radical (unpaired) electrons. The molecule has 2 N–H and O–H groups in total. The molecule has 4 heteroatoms. The number of nitriles is 1. The Morgan fingerprint density at radius 3 is 2.68 bits per heavy atom. The van der Waals surface area contributed by atoms with Gasteiger partial charge in [-0.1, -0.05) is 13.8 Å². The zero-order chi connectivity index (χ0) is 16.3. The van der Waals surface area contributed by atoms with Crippen LogP contribution in [0.3, 0.4) is 0 Å². The average Bonchev–Trinajstić information content (AvgIpc) is 2.46. The molecule has 0 aliphatic carbocycles. The van der Waals surface area contributed by atoms with Gasteiger partial charge in [0.25, 0.3) is 0 Å². The van der Waals surface area contributed by atoms with E-state index in [1.807, 2.05) is 13.0 Å². The summed E-state index contributed by atoms with van der Waals surface area (Å²) in [6, 6.07) is 6.50. The van der Waals surface area contributed by atoms with Crippen LogP contribution in [0, 0.1) is 24.2 Å². The van der Waals surface area contributed by atoms with Crippen molar-refractivity contribution in [3.05, 3.63) is 34.7 Å². The molecule has 119 valence electrons. The number of benzene rings is 1. The minimum Gasteiger partial charge on any atom is -0.398 e. The van der Waals surface area contributed by atoms with Gasteiger partial charge in [0.2, 0.25) is 0 Å². The van der Waals surface area contributed by atoms with Crippen LogP contribution in [0.1, 0.15) is 37.5 Å². The van der Waals surface area contributed by atoms with E-state index in [1.165, 1.54) is 11.5 Å². The Labute approximate surface area is 134 Å². The van der Waals surface area contributed by atoms with Crippen LogP contribution in [0.15, 0.2) is 12.1 Å². The van der Waals surface area contributed by atoms with Crippen LogP contribution in [0.2, 0.25) is 0 Å². The lowest BCUT2D eigenvalue weighted by atomic mass is 10.0. The van der Waals surface area contributed by atoms with E-state index in [-0.39, 0.29) is 0 Å². The summed E-state index contributed by atoms with van der Waals surface area (Å²) in [6.07, 6.45) is 0. The van der Waals surface area contributed by atoms with Crippen molar-refractivity contribution in [2.45, 2.75) is 40.3 Å². The average molecular weight is 299 g/mol. The molecular formula is C18H27N4. The Kier molecular flexibility index (Phi) is 5.44. The van der Waals surface area contributed by atoms with Crippen molar-refractivity contribution in [3.63, 3.8) is 0 Å². The van der Waals surface area contributed by atoms with Crippen LogP contribution in [0.5, 0.6) is 0 Å². The summed E-state index contributed by atoms with van der Waals surface area (Å²) >= 11 is 0. The molecule has 1 fully saturated rings. The number of nitrogen functional groups attached to an aromatic ring is 1. The normalized spacial score (nSPS) is 20.3. The van der Waals surface area contributed by atoms with E-state index in [1.54, 1.807) is 6.07 Å². The SMILES string of the molecule is C[C](C)CN1CCN(Cc2cc(C#N)cc(N)c2C)C[C@@H]1C. The van der Waals surface area contributed by atoms with Gasteiger partial charge in [-0.25, -0.2) is 0 Å². The first-order chi connectivity index (χ1) is 10.4. The van der Waals surface area contributed by atoms with Gasteiger partial charge in [0.15, 0.2) is 0 Å². The van der Waals surface area contributed by atoms with Crippen LogP contribution in [-0.2, 0) is 6.54 Å². The van der Waals surface area contributed by atoms with Crippen LogP contribution < -0.4 is 5.73 Å². The minimum atomic E-state index is 0.556. The Hall–Kier alpha value is -1.57. The fraction of sp³-hybridized carbons (Fsp3) is 0.556. The third kappa shape index (κ3) is 4.00. The van der Waals surface area contributed by atoms with E-state index < -0.39 is 0 Å². The van der Waals surface area contributed by atoms with E-state index in [0.29, 0.717) is 11.6 Å². The lowest BCUT2D eigenvalue weighted by Crippen LogP contribution is -2.52. The van der Waals surface area contributed by atoms with Gasteiger partial charge in [-0.05, 0) is 43.0 Å². The zero-order valence-corrected chi connectivity index (χ0v) is 14.2. The summed E-state index contributed by atoms with van der Waals surface area (Å²) in [5.41, 5.74) is 9.68. The molecule has 0 spiro atoms. The van der Waals surface area contributed by atoms with Crippen molar-refractivity contribution in [2.75, 3.05) is 31.9 Å². The molecule has 1 atom stereocenters. The van der Waals surface area contributed by atoms with Gasteiger partial charge in [-0.3, -0.25) is 9.80 Å². The summed E-state index contributed by atoms with van der Waals surface area (Å²) < 4.78 is 0. The third-order valence-electron chi connectivity index (χ3n) is 4.45. The third-order valence-corrected chi connectivity index (χ3v) is 4.45. The molecule has 2 rings (SSSR count). The number of nitrogens with two attached hydrogens (primary N) is 1. The van der Waals surface area contributed by atoms with Gasteiger partial charge < -0.3 is 5.73 Å². The van der Waals surface area contributed by atoms with Gasteiger partial charge >= 0.3 is 0 Å². The van der Waals surface area contributed by atoms with Gasteiger partial charge in [-0.2, -0.15) is 5.26 Å². The summed E-state index contributed by atoms with van der Waals surface area (Å²) in [7, 11) is 0. The second kappa shape index (κ2) is 7.13. The lowest BCUT2D eigenvalue weighted by molar-refractivity contribution is 0.0826. The first-order valence-electron chi connectivity index (χ1n) is 7.95. The Morgan fingerprint density at radius 2 is 2.09 bits per heavy atom. The minimum absolute atomic E-state index is 0.556. The molecule has 4 nitrogen and oxygen atoms in total. The largest absolute Gasteiger partial charge is 0.398 e. The molecule has 0 aromatic heterocycles. The summed E-state index contributed by atoms with van der Waals surface area (Å²) in [4.78, 5) is 5.01. The van der Waals surface area contributed by atoms with Gasteiger partial charge in [-0.15, -0.1) is 0 Å². The fourth-order valence-electron chi connectivity index (χ4n) is 3.12. The number of hydrogen-bond donors (Lipinski definition) is 1. The van der Waals surface area contributed by atoms with E-state index in [4.69, 9.17) is 11.0 Å². The van der Waals surface area contributed by atoms with Crippen molar-refractivity contribution < 1.29 is 0 Å². The Balaban J connectivity index is 2.04. The van der Waals surface area contributed by atoms with Crippen LogP contribution in [0.4, 0.5) is 5.69 Å². The molecule has 1 aromatic rings. The van der Waals surface area contributed by atoms with E-state index in [0.717, 1.165) is 44.0 Å². The second-order valence-corrected chi connectivity index (χ2v) is 6.72. The molecule has 1 aromatic carbocycles. The summed E-state index contributed by atoms with van der Waals surface area (Å²) in [5, 5.41) is 9.12. The maximum atomic E-state index is 9.12. The van der Waals surface area contributed by atoms with Crippen LogP contribution in [-0.4, -0.2) is 42.0 Å². The van der Waals surface area contributed by atoms with E-state index in [2.05, 4.69) is 36.6 Å². The van der Waals surface area contributed by atoms with Crippen molar-refractivity contribution in [1.82, 2.24) is 9.80 Å². The van der Waals surface area contributed by atoms with Crippen molar-refractivity contribution in [3.8, 4) is 6.07 Å². The maximum absolute atomic E-state index is 9.12. The van der Waals surface area contributed by atoms with Crippen LogP contribution >= 0.6 is 0 Å². The smallest absolute Gasteiger partial charge is 0.0992 e. The zero-order valence-electron chi connectivity index (χ0n) is 14.2. The molecule has 0 unspecified atom stereocenters. The van der Waals surface area contributed by atoms with Crippen LogP contribution in [0.25, 0.3) is 0 Å². The molecule has 1 aliphatic rings. The highest BCUT2D eigenvalue weighted by atomic mass is 15.3. The topological polar surface area (TPSA) is 56.3 Å². The molecule has 0 bridgehead atoms. The summed E-state index contributed by atoms with van der Waals surface area (Å²) in [5.74, 6) is 1.46. The molecule has 1 heterocycles. The summed E-state index contributed by atoms with van der Waals surface area (Å²) in [6.45, 7) is 13.9. The first kappa shape index (κ1) is 16.8. The Bertz CT molecular complexity index is 559. The predicted octanol–water partition coefficient (Wildman–Crippen LogP) is 2.57. The number of rotatable bonds is 4. The standard InChI is InChI=1S/C18H27N4/c1-13(2)10-22-6-5-21(11-14(22)3)12-17-7-16(9-19)8-18(20)15(17)4/h7-8,14H,5-6,10-12,20H2,1-4H3/t14-/m0/s1. The molecule has 1 aliphatic heterocycles. The molecule has 0 amide bonds. The second-order valence-electron chi connectivity index (χ2n) is 6.72. The monoisotopic (exact) mass is 299 g/mol. The number of hydrogen-bond acceptors (Lipinski definition) is 4. The molecule has 0 saturated carbocycles. The number of nitrogens with zero attached hydrogens (tertiary/aromatic N) is 3. The quantitative estimate of drug-likeness (QED) is 0.868. The highest BCUT2D eigenvalue weighted by Crippen LogP contribution is 2.22. The molecule has 1 saturated heterocycles. The number of anilines is 1. The predicted molar refractivity (Wildman–Crippen MR) is 91.2 cm³/mol. The van der Waals surface area contributed by atoms with E-state index in [9.17, 15) is 0 Å². The van der Waals surface area contributed by atoms with Crippen molar-refractivity contribution >= 4 is 5.69 Å². The first-order valence-corrected chi connectivity index (χ1v) is 7.95. The lowest BCUT2D eigenvalue weighted by Gasteiger charge is -2.40. The molecule has 22 heavy (non-hydrogen) atoms. The van der Waals surface area contributed by atoms with Gasteiger partial charge in [0.1, 0.15) is 0 Å². The Morgan fingerprint density at radius 1 is 1.36 bits per heavy atom. The molecular weight excluding hydrogens is 272 g/mol. The van der Waals surface area contributed by atoms with Crippen molar-refractivity contribution in [1.29, 1.82) is 5.26 Å². The maximum Gasteiger partial charge on any atom is 0.0992 e. The highest BCUT2D eigenvalue weighted by Gasteiger charge is 2.24. The highest BCUT2D eigenvalue weighted by molar-refractivity contribution is 5.55. The van der Waals surface area contributed by atoms with Gasteiger partial charge in [0.05, 0.1) is 11.6 Å². The fourth-order valence-corrected chi connectivity index (χ4v) is 3.12.